The van der Waals surface area contributed by atoms with Crippen LogP contribution in [0.4, 0.5) is 0 Å². The van der Waals surface area contributed by atoms with Crippen molar-refractivity contribution >= 4 is 15.9 Å². The van der Waals surface area contributed by atoms with Gasteiger partial charge in [0.2, 0.25) is 5.82 Å². The molecule has 0 aliphatic carbocycles. The molecular weight excluding hydrogens is 340 g/mol. The van der Waals surface area contributed by atoms with Crippen molar-refractivity contribution in [2.45, 2.75) is 26.2 Å². The number of nitrogens with zero attached hydrogens (tertiary/aromatic N) is 2. The number of hydrogen-bond donors (Lipinski definition) is 0. The van der Waals surface area contributed by atoms with Crippen LogP contribution in [0.3, 0.4) is 0 Å². The SMILES string of the molecule is CC(C)(C)c1ccc(-c2nc(-c3ccccc3Br)no2)cc1. The fourth-order valence-corrected chi connectivity index (χ4v) is 2.67. The number of rotatable bonds is 2. The summed E-state index contributed by atoms with van der Waals surface area (Å²) in [6.07, 6.45) is 0. The third-order valence-corrected chi connectivity index (χ3v) is 4.23. The van der Waals surface area contributed by atoms with Gasteiger partial charge < -0.3 is 4.52 Å². The zero-order valence-electron chi connectivity index (χ0n) is 12.8. The molecule has 0 N–H and O–H groups in total. The van der Waals surface area contributed by atoms with Crippen molar-refractivity contribution in [3.05, 3.63) is 58.6 Å². The monoisotopic (exact) mass is 356 g/mol. The van der Waals surface area contributed by atoms with Crippen LogP contribution in [-0.4, -0.2) is 10.1 Å². The first-order valence-electron chi connectivity index (χ1n) is 7.15. The van der Waals surface area contributed by atoms with E-state index in [1.807, 2.05) is 36.4 Å². The van der Waals surface area contributed by atoms with E-state index in [4.69, 9.17) is 4.52 Å². The van der Waals surface area contributed by atoms with Gasteiger partial charge in [-0.05, 0) is 35.2 Å². The van der Waals surface area contributed by atoms with Crippen LogP contribution in [0.15, 0.2) is 57.5 Å². The maximum absolute atomic E-state index is 5.40. The molecule has 0 unspecified atom stereocenters. The molecule has 3 nitrogen and oxygen atoms in total. The van der Waals surface area contributed by atoms with Gasteiger partial charge in [0.05, 0.1) is 0 Å². The van der Waals surface area contributed by atoms with Gasteiger partial charge >= 0.3 is 0 Å². The first kappa shape index (κ1) is 15.0. The highest BCUT2D eigenvalue weighted by atomic mass is 79.9. The molecule has 0 bridgehead atoms. The molecule has 0 saturated heterocycles. The molecular formula is C18H17BrN2O. The summed E-state index contributed by atoms with van der Waals surface area (Å²) in [6, 6.07) is 16.1. The van der Waals surface area contributed by atoms with Crippen molar-refractivity contribution in [3.63, 3.8) is 0 Å². The Hall–Kier alpha value is -1.94. The van der Waals surface area contributed by atoms with Crippen LogP contribution in [0.2, 0.25) is 0 Å². The number of hydrogen-bond acceptors (Lipinski definition) is 3. The lowest BCUT2D eigenvalue weighted by molar-refractivity contribution is 0.432. The van der Waals surface area contributed by atoms with Crippen molar-refractivity contribution in [1.29, 1.82) is 0 Å². The quantitative estimate of drug-likeness (QED) is 0.611. The minimum Gasteiger partial charge on any atom is -0.334 e. The Morgan fingerprint density at radius 3 is 2.27 bits per heavy atom. The number of benzene rings is 2. The molecule has 3 rings (SSSR count). The Bertz CT molecular complexity index is 785. The highest BCUT2D eigenvalue weighted by molar-refractivity contribution is 9.10. The van der Waals surface area contributed by atoms with E-state index < -0.39 is 0 Å². The maximum atomic E-state index is 5.40. The average molecular weight is 357 g/mol. The van der Waals surface area contributed by atoms with Gasteiger partial charge in [0.15, 0.2) is 0 Å². The molecule has 1 heterocycles. The topological polar surface area (TPSA) is 38.9 Å². The molecule has 0 radical (unpaired) electrons. The van der Waals surface area contributed by atoms with E-state index in [1.54, 1.807) is 0 Å². The summed E-state index contributed by atoms with van der Waals surface area (Å²) < 4.78 is 6.35. The Balaban J connectivity index is 1.93. The summed E-state index contributed by atoms with van der Waals surface area (Å²) in [4.78, 5) is 4.50. The minimum absolute atomic E-state index is 0.132. The highest BCUT2D eigenvalue weighted by Gasteiger charge is 2.15. The predicted octanol–water partition coefficient (Wildman–Crippen LogP) is 5.46. The largest absolute Gasteiger partial charge is 0.334 e. The summed E-state index contributed by atoms with van der Waals surface area (Å²) in [5.74, 6) is 1.12. The van der Waals surface area contributed by atoms with Gasteiger partial charge in [0.1, 0.15) is 0 Å². The highest BCUT2D eigenvalue weighted by Crippen LogP contribution is 2.29. The molecule has 2 aromatic carbocycles. The van der Waals surface area contributed by atoms with E-state index >= 15 is 0 Å². The van der Waals surface area contributed by atoms with Crippen molar-refractivity contribution in [2.75, 3.05) is 0 Å². The zero-order valence-corrected chi connectivity index (χ0v) is 14.4. The van der Waals surface area contributed by atoms with E-state index in [0.29, 0.717) is 11.7 Å². The normalized spacial score (nSPS) is 11.6. The second-order valence-electron chi connectivity index (χ2n) is 6.23. The van der Waals surface area contributed by atoms with Crippen LogP contribution in [-0.2, 0) is 5.41 Å². The third kappa shape index (κ3) is 2.97. The zero-order chi connectivity index (χ0) is 15.7. The molecule has 0 fully saturated rings. The van der Waals surface area contributed by atoms with E-state index in [-0.39, 0.29) is 5.41 Å². The van der Waals surface area contributed by atoms with Crippen molar-refractivity contribution in [2.24, 2.45) is 0 Å². The summed E-state index contributed by atoms with van der Waals surface area (Å²) in [6.45, 7) is 6.58. The average Bonchev–Trinajstić information content (AvgIpc) is 2.96. The van der Waals surface area contributed by atoms with Gasteiger partial charge in [-0.2, -0.15) is 4.98 Å². The van der Waals surface area contributed by atoms with Crippen LogP contribution < -0.4 is 0 Å². The fraction of sp³-hybridized carbons (Fsp3) is 0.222. The number of aromatic nitrogens is 2. The molecule has 0 saturated carbocycles. The van der Waals surface area contributed by atoms with Crippen LogP contribution in [0, 0.1) is 0 Å². The predicted molar refractivity (Wildman–Crippen MR) is 91.6 cm³/mol. The van der Waals surface area contributed by atoms with Gasteiger partial charge in [-0.25, -0.2) is 0 Å². The Labute approximate surface area is 138 Å². The van der Waals surface area contributed by atoms with Gasteiger partial charge in [-0.15, -0.1) is 0 Å². The standard InChI is InChI=1S/C18H17BrN2O/c1-18(2,3)13-10-8-12(9-11-13)17-20-16(21-22-17)14-6-4-5-7-15(14)19/h4-11H,1-3H3. The van der Waals surface area contributed by atoms with E-state index in [9.17, 15) is 0 Å². The van der Waals surface area contributed by atoms with Gasteiger partial charge in [-0.3, -0.25) is 0 Å². The van der Waals surface area contributed by atoms with E-state index in [1.165, 1.54) is 5.56 Å². The molecule has 3 aromatic rings. The molecule has 1 aromatic heterocycles. The van der Waals surface area contributed by atoms with Crippen molar-refractivity contribution < 1.29 is 4.52 Å². The molecule has 0 aliphatic rings. The van der Waals surface area contributed by atoms with Gasteiger partial charge in [0, 0.05) is 15.6 Å². The molecule has 0 amide bonds. The smallest absolute Gasteiger partial charge is 0.258 e. The van der Waals surface area contributed by atoms with Gasteiger partial charge in [-0.1, -0.05) is 66.1 Å². The lowest BCUT2D eigenvalue weighted by Gasteiger charge is -2.18. The lowest BCUT2D eigenvalue weighted by Crippen LogP contribution is -2.10. The van der Waals surface area contributed by atoms with Crippen LogP contribution in [0.1, 0.15) is 26.3 Å². The lowest BCUT2D eigenvalue weighted by atomic mass is 9.87. The molecule has 0 atom stereocenters. The molecule has 22 heavy (non-hydrogen) atoms. The summed E-state index contributed by atoms with van der Waals surface area (Å²) in [5, 5.41) is 4.08. The summed E-state index contributed by atoms with van der Waals surface area (Å²) in [7, 11) is 0. The summed E-state index contributed by atoms with van der Waals surface area (Å²) in [5.41, 5.74) is 3.26. The van der Waals surface area contributed by atoms with Crippen LogP contribution >= 0.6 is 15.9 Å². The fourth-order valence-electron chi connectivity index (χ4n) is 2.21. The van der Waals surface area contributed by atoms with Crippen molar-refractivity contribution in [1.82, 2.24) is 10.1 Å². The third-order valence-electron chi connectivity index (χ3n) is 3.54. The van der Waals surface area contributed by atoms with E-state index in [0.717, 1.165) is 15.6 Å². The maximum Gasteiger partial charge on any atom is 0.258 e. The van der Waals surface area contributed by atoms with Crippen LogP contribution in [0.25, 0.3) is 22.8 Å². The van der Waals surface area contributed by atoms with E-state index in [2.05, 4.69) is 59.0 Å². The Morgan fingerprint density at radius 2 is 1.64 bits per heavy atom. The van der Waals surface area contributed by atoms with Crippen LogP contribution in [0.5, 0.6) is 0 Å². The first-order valence-corrected chi connectivity index (χ1v) is 7.94. The molecule has 112 valence electrons. The Kier molecular flexibility index (Phi) is 3.87. The number of halogens is 1. The van der Waals surface area contributed by atoms with Crippen molar-refractivity contribution in [3.8, 4) is 22.8 Å². The van der Waals surface area contributed by atoms with Gasteiger partial charge in [0.25, 0.3) is 5.89 Å². The molecule has 0 spiro atoms. The Morgan fingerprint density at radius 1 is 0.955 bits per heavy atom. The minimum atomic E-state index is 0.132. The molecule has 0 aliphatic heterocycles. The second kappa shape index (κ2) is 5.69. The first-order chi connectivity index (χ1) is 10.4. The molecule has 4 heteroatoms. The second-order valence-corrected chi connectivity index (χ2v) is 7.08. The summed E-state index contributed by atoms with van der Waals surface area (Å²) >= 11 is 3.51.